The number of carbonyl (C=O) groups is 2. The minimum Gasteiger partial charge on any atom is -0.452 e. The van der Waals surface area contributed by atoms with Crippen molar-refractivity contribution < 1.29 is 22.7 Å². The summed E-state index contributed by atoms with van der Waals surface area (Å²) in [4.78, 5) is 24.2. The molecule has 0 bridgehead atoms. The first kappa shape index (κ1) is 20.3. The summed E-state index contributed by atoms with van der Waals surface area (Å²) in [5, 5.41) is 3.02. The van der Waals surface area contributed by atoms with Crippen LogP contribution in [0.4, 0.5) is 5.69 Å². The number of rotatable bonds is 6. The summed E-state index contributed by atoms with van der Waals surface area (Å²) >= 11 is 5.85. The number of ether oxygens (including phenoxy) is 1. The number of sulfonamides is 1. The molecular formula is C19H19ClN2O5S. The Kier molecular flexibility index (Phi) is 6.33. The van der Waals surface area contributed by atoms with Crippen molar-refractivity contribution in [3.8, 4) is 0 Å². The highest BCUT2D eigenvalue weighted by atomic mass is 35.5. The molecule has 3 rings (SSSR count). The molecule has 0 radical (unpaired) electrons. The molecule has 0 aromatic heterocycles. The molecule has 148 valence electrons. The van der Waals surface area contributed by atoms with Crippen molar-refractivity contribution in [2.75, 3.05) is 25.0 Å². The van der Waals surface area contributed by atoms with Crippen LogP contribution in [0.25, 0.3) is 0 Å². The quantitative estimate of drug-likeness (QED) is 0.722. The molecule has 1 aliphatic heterocycles. The van der Waals surface area contributed by atoms with Crippen LogP contribution in [0, 0.1) is 0 Å². The van der Waals surface area contributed by atoms with Crippen LogP contribution in [-0.4, -0.2) is 44.3 Å². The molecule has 7 nitrogen and oxygen atoms in total. The number of hydrogen-bond acceptors (Lipinski definition) is 5. The van der Waals surface area contributed by atoms with E-state index < -0.39 is 28.5 Å². The molecule has 0 saturated carbocycles. The van der Waals surface area contributed by atoms with Crippen molar-refractivity contribution in [3.05, 3.63) is 59.1 Å². The highest BCUT2D eigenvalue weighted by Gasteiger charge is 2.27. The number of esters is 1. The second kappa shape index (κ2) is 8.72. The SMILES string of the molecule is O=C(COC(=O)c1cccc(S(=O)(=O)N2CCCC2)c1)Nc1cccc(Cl)c1. The van der Waals surface area contributed by atoms with E-state index >= 15 is 0 Å². The highest BCUT2D eigenvalue weighted by molar-refractivity contribution is 7.89. The second-order valence-corrected chi connectivity index (χ2v) is 8.65. The normalized spacial score (nSPS) is 14.6. The van der Waals surface area contributed by atoms with E-state index in [9.17, 15) is 18.0 Å². The maximum atomic E-state index is 12.6. The molecule has 1 saturated heterocycles. The van der Waals surface area contributed by atoms with Gasteiger partial charge >= 0.3 is 5.97 Å². The first-order valence-electron chi connectivity index (χ1n) is 8.69. The lowest BCUT2D eigenvalue weighted by atomic mass is 10.2. The smallest absolute Gasteiger partial charge is 0.338 e. The number of hydrogen-bond donors (Lipinski definition) is 1. The van der Waals surface area contributed by atoms with Crippen LogP contribution in [0.1, 0.15) is 23.2 Å². The Morgan fingerprint density at radius 2 is 1.79 bits per heavy atom. The van der Waals surface area contributed by atoms with Gasteiger partial charge in [0.15, 0.2) is 6.61 Å². The first-order valence-corrected chi connectivity index (χ1v) is 10.5. The molecule has 28 heavy (non-hydrogen) atoms. The third-order valence-corrected chi connectivity index (χ3v) is 6.35. The summed E-state index contributed by atoms with van der Waals surface area (Å²) in [6.07, 6.45) is 1.64. The first-order chi connectivity index (χ1) is 13.4. The zero-order valence-corrected chi connectivity index (χ0v) is 16.5. The van der Waals surface area contributed by atoms with Crippen molar-refractivity contribution >= 4 is 39.2 Å². The molecule has 1 amide bonds. The Hall–Kier alpha value is -2.42. The van der Waals surface area contributed by atoms with Gasteiger partial charge in [-0.1, -0.05) is 23.7 Å². The van der Waals surface area contributed by atoms with E-state index in [1.807, 2.05) is 0 Å². The van der Waals surface area contributed by atoms with Gasteiger partial charge in [-0.05, 0) is 49.2 Å². The molecule has 2 aromatic rings. The Morgan fingerprint density at radius 1 is 1.07 bits per heavy atom. The number of halogens is 1. The van der Waals surface area contributed by atoms with Crippen molar-refractivity contribution in [1.29, 1.82) is 0 Å². The van der Waals surface area contributed by atoms with Gasteiger partial charge in [0.05, 0.1) is 10.5 Å². The standard InChI is InChI=1S/C19H19ClN2O5S/c20-15-6-4-7-16(12-15)21-18(23)13-27-19(24)14-5-3-8-17(11-14)28(25,26)22-9-1-2-10-22/h3-8,11-12H,1-2,9-10,13H2,(H,21,23). The lowest BCUT2D eigenvalue weighted by Crippen LogP contribution is -2.28. The van der Waals surface area contributed by atoms with Crippen LogP contribution in [0.15, 0.2) is 53.4 Å². The predicted molar refractivity (Wildman–Crippen MR) is 105 cm³/mol. The van der Waals surface area contributed by atoms with Crippen LogP contribution in [0.2, 0.25) is 5.02 Å². The average molecular weight is 423 g/mol. The minimum absolute atomic E-state index is 0.0345. The van der Waals surface area contributed by atoms with Gasteiger partial charge in [0, 0.05) is 23.8 Å². The van der Waals surface area contributed by atoms with Crippen LogP contribution in [0.5, 0.6) is 0 Å². The summed E-state index contributed by atoms with van der Waals surface area (Å²) in [6, 6.07) is 12.2. The fraction of sp³-hybridized carbons (Fsp3) is 0.263. The van der Waals surface area contributed by atoms with Crippen LogP contribution in [0.3, 0.4) is 0 Å². The van der Waals surface area contributed by atoms with Gasteiger partial charge in [0.2, 0.25) is 10.0 Å². The van der Waals surface area contributed by atoms with Crippen LogP contribution >= 0.6 is 11.6 Å². The summed E-state index contributed by atoms with van der Waals surface area (Å²) in [7, 11) is -3.64. The van der Waals surface area contributed by atoms with Crippen LogP contribution < -0.4 is 5.32 Å². The second-order valence-electron chi connectivity index (χ2n) is 6.27. The average Bonchev–Trinajstić information content (AvgIpc) is 3.22. The highest BCUT2D eigenvalue weighted by Crippen LogP contribution is 2.22. The maximum Gasteiger partial charge on any atom is 0.338 e. The van der Waals surface area contributed by atoms with E-state index in [0.29, 0.717) is 23.8 Å². The Labute approximate surface area is 168 Å². The van der Waals surface area contributed by atoms with E-state index in [4.69, 9.17) is 16.3 Å². The van der Waals surface area contributed by atoms with Gasteiger partial charge in [-0.3, -0.25) is 4.79 Å². The van der Waals surface area contributed by atoms with Crippen molar-refractivity contribution in [1.82, 2.24) is 4.31 Å². The van der Waals surface area contributed by atoms with Gasteiger partial charge in [-0.25, -0.2) is 13.2 Å². The largest absolute Gasteiger partial charge is 0.452 e. The number of carbonyl (C=O) groups excluding carboxylic acids is 2. The lowest BCUT2D eigenvalue weighted by molar-refractivity contribution is -0.119. The number of nitrogens with zero attached hydrogens (tertiary/aromatic N) is 1. The minimum atomic E-state index is -3.64. The van der Waals surface area contributed by atoms with Gasteiger partial charge in [-0.15, -0.1) is 0 Å². The summed E-state index contributed by atoms with van der Waals surface area (Å²) in [5.41, 5.74) is 0.545. The third-order valence-electron chi connectivity index (χ3n) is 4.22. The zero-order valence-electron chi connectivity index (χ0n) is 14.9. The number of benzene rings is 2. The van der Waals surface area contributed by atoms with E-state index in [-0.39, 0.29) is 10.5 Å². The maximum absolute atomic E-state index is 12.6. The van der Waals surface area contributed by atoms with Crippen LogP contribution in [-0.2, 0) is 19.6 Å². The summed E-state index contributed by atoms with van der Waals surface area (Å²) < 4.78 is 31.6. The van der Waals surface area contributed by atoms with E-state index in [0.717, 1.165) is 12.8 Å². The molecular weight excluding hydrogens is 404 g/mol. The zero-order chi connectivity index (χ0) is 20.1. The molecule has 1 N–H and O–H groups in total. The molecule has 0 spiro atoms. The van der Waals surface area contributed by atoms with E-state index in [2.05, 4.69) is 5.32 Å². The number of amides is 1. The monoisotopic (exact) mass is 422 g/mol. The molecule has 2 aromatic carbocycles. The van der Waals surface area contributed by atoms with Gasteiger partial charge in [0.25, 0.3) is 5.91 Å². The number of nitrogens with one attached hydrogen (secondary N) is 1. The Balaban J connectivity index is 1.62. The third kappa shape index (κ3) is 4.89. The molecule has 0 aliphatic carbocycles. The molecule has 0 atom stereocenters. The lowest BCUT2D eigenvalue weighted by Gasteiger charge is -2.15. The van der Waals surface area contributed by atoms with E-state index in [1.54, 1.807) is 24.3 Å². The van der Waals surface area contributed by atoms with Crippen molar-refractivity contribution in [3.63, 3.8) is 0 Å². The molecule has 1 fully saturated rings. The summed E-state index contributed by atoms with van der Waals surface area (Å²) in [5.74, 6) is -1.31. The molecule has 9 heteroatoms. The molecule has 1 aliphatic rings. The predicted octanol–water partition coefficient (Wildman–Crippen LogP) is 2.92. The summed E-state index contributed by atoms with van der Waals surface area (Å²) in [6.45, 7) is 0.440. The molecule has 1 heterocycles. The van der Waals surface area contributed by atoms with E-state index in [1.165, 1.54) is 28.6 Å². The fourth-order valence-corrected chi connectivity index (χ4v) is 4.59. The van der Waals surface area contributed by atoms with Gasteiger partial charge < -0.3 is 10.1 Å². The fourth-order valence-electron chi connectivity index (χ4n) is 2.84. The molecule has 0 unspecified atom stereocenters. The number of anilines is 1. The van der Waals surface area contributed by atoms with Crippen molar-refractivity contribution in [2.45, 2.75) is 17.7 Å². The van der Waals surface area contributed by atoms with Crippen molar-refractivity contribution in [2.24, 2.45) is 0 Å². The van der Waals surface area contributed by atoms with Gasteiger partial charge in [-0.2, -0.15) is 4.31 Å². The Morgan fingerprint density at radius 3 is 2.50 bits per heavy atom. The Bertz CT molecular complexity index is 987. The topological polar surface area (TPSA) is 92.8 Å². The van der Waals surface area contributed by atoms with Gasteiger partial charge in [0.1, 0.15) is 0 Å².